The summed E-state index contributed by atoms with van der Waals surface area (Å²) in [6.45, 7) is 7.07. The molecule has 2 N–H and O–H groups in total. The SMILES string of the molecule is CCN1CCN(c2cnc(NCC(=O)O)cn2)CC1. The Kier molecular flexibility index (Phi) is 4.51. The molecule has 0 aliphatic carbocycles. The number of likely N-dealkylation sites (N-methyl/N-ethyl adjacent to an activating group) is 1. The molecule has 0 amide bonds. The van der Waals surface area contributed by atoms with Gasteiger partial charge in [-0.05, 0) is 6.54 Å². The van der Waals surface area contributed by atoms with Crippen molar-refractivity contribution in [3.63, 3.8) is 0 Å². The normalized spacial score (nSPS) is 16.4. The highest BCUT2D eigenvalue weighted by Crippen LogP contribution is 2.13. The summed E-state index contributed by atoms with van der Waals surface area (Å²) in [4.78, 5) is 23.5. The van der Waals surface area contributed by atoms with E-state index in [9.17, 15) is 4.79 Å². The van der Waals surface area contributed by atoms with Gasteiger partial charge in [0.05, 0.1) is 12.4 Å². The summed E-state index contributed by atoms with van der Waals surface area (Å²) < 4.78 is 0. The van der Waals surface area contributed by atoms with E-state index < -0.39 is 5.97 Å². The van der Waals surface area contributed by atoms with Crippen LogP contribution in [0.5, 0.6) is 0 Å². The van der Waals surface area contributed by atoms with Gasteiger partial charge in [0.25, 0.3) is 0 Å². The molecule has 1 aliphatic rings. The third-order valence-corrected chi connectivity index (χ3v) is 3.20. The Morgan fingerprint density at radius 2 is 2.05 bits per heavy atom. The van der Waals surface area contributed by atoms with E-state index >= 15 is 0 Å². The van der Waals surface area contributed by atoms with Gasteiger partial charge in [0.1, 0.15) is 18.2 Å². The number of piperazine rings is 1. The molecular formula is C12H19N5O2. The van der Waals surface area contributed by atoms with Crippen molar-refractivity contribution in [1.82, 2.24) is 14.9 Å². The molecule has 0 spiro atoms. The molecule has 0 unspecified atom stereocenters. The van der Waals surface area contributed by atoms with Crippen molar-refractivity contribution in [2.45, 2.75) is 6.92 Å². The molecule has 1 aliphatic heterocycles. The number of rotatable bonds is 5. The number of aliphatic carboxylic acids is 1. The number of carboxylic acids is 1. The van der Waals surface area contributed by atoms with Gasteiger partial charge in [0, 0.05) is 26.2 Å². The zero-order valence-electron chi connectivity index (χ0n) is 11.0. The van der Waals surface area contributed by atoms with Gasteiger partial charge in [-0.1, -0.05) is 6.92 Å². The summed E-state index contributed by atoms with van der Waals surface area (Å²) in [5.41, 5.74) is 0. The number of hydrogen-bond acceptors (Lipinski definition) is 6. The minimum atomic E-state index is -0.915. The Labute approximate surface area is 112 Å². The highest BCUT2D eigenvalue weighted by Gasteiger charge is 2.16. The number of nitrogens with one attached hydrogen (secondary N) is 1. The average molecular weight is 265 g/mol. The summed E-state index contributed by atoms with van der Waals surface area (Å²) in [5, 5.41) is 11.2. The second kappa shape index (κ2) is 6.33. The van der Waals surface area contributed by atoms with Gasteiger partial charge in [-0.3, -0.25) is 4.79 Å². The third-order valence-electron chi connectivity index (χ3n) is 3.20. The first-order chi connectivity index (χ1) is 9.19. The van der Waals surface area contributed by atoms with Crippen LogP contribution in [0.25, 0.3) is 0 Å². The molecule has 104 valence electrons. The first-order valence-corrected chi connectivity index (χ1v) is 6.44. The van der Waals surface area contributed by atoms with E-state index in [-0.39, 0.29) is 6.54 Å². The summed E-state index contributed by atoms with van der Waals surface area (Å²) >= 11 is 0. The fourth-order valence-electron chi connectivity index (χ4n) is 2.04. The maximum absolute atomic E-state index is 10.4. The molecule has 1 fully saturated rings. The van der Waals surface area contributed by atoms with Crippen molar-refractivity contribution >= 4 is 17.6 Å². The van der Waals surface area contributed by atoms with E-state index in [1.165, 1.54) is 0 Å². The first kappa shape index (κ1) is 13.5. The van der Waals surface area contributed by atoms with E-state index in [0.29, 0.717) is 5.82 Å². The maximum atomic E-state index is 10.4. The monoisotopic (exact) mass is 265 g/mol. The lowest BCUT2D eigenvalue weighted by atomic mass is 10.3. The summed E-state index contributed by atoms with van der Waals surface area (Å²) in [6, 6.07) is 0. The lowest BCUT2D eigenvalue weighted by molar-refractivity contribution is -0.134. The lowest BCUT2D eigenvalue weighted by Gasteiger charge is -2.34. The molecule has 0 atom stereocenters. The molecule has 19 heavy (non-hydrogen) atoms. The van der Waals surface area contributed by atoms with Gasteiger partial charge in [0.15, 0.2) is 0 Å². The number of nitrogens with zero attached hydrogens (tertiary/aromatic N) is 4. The van der Waals surface area contributed by atoms with Gasteiger partial charge >= 0.3 is 5.97 Å². The molecule has 2 rings (SSSR count). The highest BCUT2D eigenvalue weighted by atomic mass is 16.4. The van der Waals surface area contributed by atoms with Crippen LogP contribution in [0.4, 0.5) is 11.6 Å². The minimum Gasteiger partial charge on any atom is -0.480 e. The van der Waals surface area contributed by atoms with Crippen molar-refractivity contribution in [3.05, 3.63) is 12.4 Å². The lowest BCUT2D eigenvalue weighted by Crippen LogP contribution is -2.46. The maximum Gasteiger partial charge on any atom is 0.322 e. The second-order valence-electron chi connectivity index (χ2n) is 4.43. The first-order valence-electron chi connectivity index (χ1n) is 6.44. The Bertz CT molecular complexity index is 415. The number of hydrogen-bond donors (Lipinski definition) is 2. The highest BCUT2D eigenvalue weighted by molar-refractivity contribution is 5.72. The molecule has 1 aromatic rings. The van der Waals surface area contributed by atoms with Crippen LogP contribution in [0.2, 0.25) is 0 Å². The average Bonchev–Trinajstić information content (AvgIpc) is 2.46. The molecule has 7 heteroatoms. The Balaban J connectivity index is 1.89. The van der Waals surface area contributed by atoms with Crippen LogP contribution in [-0.4, -0.2) is 65.2 Å². The van der Waals surface area contributed by atoms with E-state index in [2.05, 4.69) is 32.0 Å². The predicted octanol–water partition coefficient (Wildman–Crippen LogP) is 0.115. The Hall–Kier alpha value is -1.89. The molecule has 0 aromatic carbocycles. The van der Waals surface area contributed by atoms with Crippen molar-refractivity contribution < 1.29 is 9.90 Å². The molecule has 2 heterocycles. The number of carboxylic acid groups (broad SMARTS) is 1. The summed E-state index contributed by atoms with van der Waals surface area (Å²) in [7, 11) is 0. The van der Waals surface area contributed by atoms with E-state index in [1.54, 1.807) is 12.4 Å². The van der Waals surface area contributed by atoms with Crippen molar-refractivity contribution in [3.8, 4) is 0 Å². The number of anilines is 2. The zero-order chi connectivity index (χ0) is 13.7. The van der Waals surface area contributed by atoms with Crippen LogP contribution in [0.15, 0.2) is 12.4 Å². The quantitative estimate of drug-likeness (QED) is 0.782. The third kappa shape index (κ3) is 3.78. The molecule has 0 bridgehead atoms. The zero-order valence-corrected chi connectivity index (χ0v) is 11.0. The van der Waals surface area contributed by atoms with Crippen molar-refractivity contribution in [2.24, 2.45) is 0 Å². The van der Waals surface area contributed by atoms with Crippen molar-refractivity contribution in [1.29, 1.82) is 0 Å². The predicted molar refractivity (Wildman–Crippen MR) is 72.5 cm³/mol. The fourth-order valence-corrected chi connectivity index (χ4v) is 2.04. The topological polar surface area (TPSA) is 81.6 Å². The molecular weight excluding hydrogens is 246 g/mol. The minimum absolute atomic E-state index is 0.150. The largest absolute Gasteiger partial charge is 0.480 e. The molecule has 0 saturated carbocycles. The van der Waals surface area contributed by atoms with E-state index in [0.717, 1.165) is 38.5 Å². The van der Waals surface area contributed by atoms with E-state index in [4.69, 9.17) is 5.11 Å². The van der Waals surface area contributed by atoms with Gasteiger partial charge in [-0.2, -0.15) is 0 Å². The molecule has 7 nitrogen and oxygen atoms in total. The number of aromatic nitrogens is 2. The number of carbonyl (C=O) groups is 1. The smallest absolute Gasteiger partial charge is 0.322 e. The van der Waals surface area contributed by atoms with Gasteiger partial charge in [-0.15, -0.1) is 0 Å². The standard InChI is InChI=1S/C12H19N5O2/c1-2-16-3-5-17(6-4-16)11-8-13-10(7-15-11)14-9-12(18)19/h7-8H,2-6,9H2,1H3,(H,13,14)(H,18,19). The van der Waals surface area contributed by atoms with Crippen molar-refractivity contribution in [2.75, 3.05) is 49.5 Å². The summed E-state index contributed by atoms with van der Waals surface area (Å²) in [6.07, 6.45) is 3.26. The van der Waals surface area contributed by atoms with Crippen LogP contribution in [0.1, 0.15) is 6.92 Å². The molecule has 1 aromatic heterocycles. The van der Waals surface area contributed by atoms with Crippen LogP contribution in [-0.2, 0) is 4.79 Å². The van der Waals surface area contributed by atoms with E-state index in [1.807, 2.05) is 0 Å². The fraction of sp³-hybridized carbons (Fsp3) is 0.583. The second-order valence-corrected chi connectivity index (χ2v) is 4.43. The Morgan fingerprint density at radius 1 is 1.32 bits per heavy atom. The molecule has 0 radical (unpaired) electrons. The van der Waals surface area contributed by atoms with Gasteiger partial charge in [-0.25, -0.2) is 9.97 Å². The van der Waals surface area contributed by atoms with Gasteiger partial charge < -0.3 is 20.2 Å². The summed E-state index contributed by atoms with van der Waals surface area (Å²) in [5.74, 6) is 0.413. The molecule has 1 saturated heterocycles. The van der Waals surface area contributed by atoms with Crippen LogP contribution >= 0.6 is 0 Å². The van der Waals surface area contributed by atoms with Crippen LogP contribution in [0.3, 0.4) is 0 Å². The van der Waals surface area contributed by atoms with Gasteiger partial charge in [0.2, 0.25) is 0 Å². The van der Waals surface area contributed by atoms with Crippen LogP contribution < -0.4 is 10.2 Å². The van der Waals surface area contributed by atoms with Crippen LogP contribution in [0, 0.1) is 0 Å². The Morgan fingerprint density at radius 3 is 2.58 bits per heavy atom.